The van der Waals surface area contributed by atoms with Crippen molar-refractivity contribution in [2.75, 3.05) is 6.61 Å². The molecule has 1 aromatic rings. The highest BCUT2D eigenvalue weighted by molar-refractivity contribution is 5.31. The molecule has 0 N–H and O–H groups in total. The van der Waals surface area contributed by atoms with Gasteiger partial charge in [0.15, 0.2) is 0 Å². The Morgan fingerprint density at radius 2 is 2.38 bits per heavy atom. The van der Waals surface area contributed by atoms with Crippen molar-refractivity contribution in [1.29, 1.82) is 0 Å². The maximum absolute atomic E-state index is 5.49. The molecule has 70 valence electrons. The smallest absolute Gasteiger partial charge is 0.216 e. The van der Waals surface area contributed by atoms with Crippen molar-refractivity contribution >= 4 is 0 Å². The highest BCUT2D eigenvalue weighted by Crippen LogP contribution is 2.36. The molecule has 0 unspecified atom stereocenters. The normalized spacial score (nSPS) is 21.0. The van der Waals surface area contributed by atoms with Crippen LogP contribution in [0.3, 0.4) is 0 Å². The van der Waals surface area contributed by atoms with E-state index < -0.39 is 0 Å². The summed E-state index contributed by atoms with van der Waals surface area (Å²) in [6, 6.07) is 4.12. The summed E-state index contributed by atoms with van der Waals surface area (Å²) in [6.07, 6.45) is 2.91. The van der Waals surface area contributed by atoms with Crippen LogP contribution in [0.15, 0.2) is 18.3 Å². The van der Waals surface area contributed by atoms with Gasteiger partial charge in [-0.25, -0.2) is 4.98 Å². The van der Waals surface area contributed by atoms with Crippen molar-refractivity contribution in [3.05, 3.63) is 23.9 Å². The molecule has 0 aliphatic carbocycles. The van der Waals surface area contributed by atoms with Crippen LogP contribution in [0, 0.1) is 5.92 Å². The first-order valence-corrected chi connectivity index (χ1v) is 4.86. The van der Waals surface area contributed by atoms with Gasteiger partial charge in [-0.2, -0.15) is 0 Å². The first kappa shape index (κ1) is 8.54. The number of nitrogens with zero attached hydrogens (tertiary/aromatic N) is 1. The molecule has 0 aromatic carbocycles. The van der Waals surface area contributed by atoms with Crippen molar-refractivity contribution in [3.63, 3.8) is 0 Å². The molecule has 2 heteroatoms. The van der Waals surface area contributed by atoms with Gasteiger partial charge in [0.05, 0.1) is 6.61 Å². The number of fused-ring (bicyclic) bond motifs is 1. The molecule has 2 rings (SSSR count). The predicted octanol–water partition coefficient (Wildman–Crippen LogP) is 2.60. The van der Waals surface area contributed by atoms with Crippen LogP contribution < -0.4 is 4.74 Å². The molecule has 13 heavy (non-hydrogen) atoms. The molecule has 0 fully saturated rings. The SMILES string of the molecule is CC(C)[C@H]1CCOc2ncccc21. The number of aromatic nitrogens is 1. The summed E-state index contributed by atoms with van der Waals surface area (Å²) in [5, 5.41) is 0. The van der Waals surface area contributed by atoms with Gasteiger partial charge in [0.25, 0.3) is 0 Å². The monoisotopic (exact) mass is 177 g/mol. The Hall–Kier alpha value is -1.05. The average molecular weight is 177 g/mol. The molecular formula is C11H15NO. The van der Waals surface area contributed by atoms with Gasteiger partial charge in [-0.3, -0.25) is 0 Å². The quantitative estimate of drug-likeness (QED) is 0.657. The van der Waals surface area contributed by atoms with Gasteiger partial charge in [-0.05, 0) is 24.3 Å². The minimum Gasteiger partial charge on any atom is -0.477 e. The fourth-order valence-corrected chi connectivity index (χ4v) is 1.94. The Labute approximate surface area is 78.9 Å². The highest BCUT2D eigenvalue weighted by Gasteiger charge is 2.24. The van der Waals surface area contributed by atoms with E-state index >= 15 is 0 Å². The minimum absolute atomic E-state index is 0.623. The van der Waals surface area contributed by atoms with Gasteiger partial charge in [-0.15, -0.1) is 0 Å². The summed E-state index contributed by atoms with van der Waals surface area (Å²) < 4.78 is 5.49. The number of hydrogen-bond acceptors (Lipinski definition) is 2. The van der Waals surface area contributed by atoms with Crippen LogP contribution in [0.4, 0.5) is 0 Å². The third-order valence-corrected chi connectivity index (χ3v) is 2.67. The lowest BCUT2D eigenvalue weighted by Gasteiger charge is -2.27. The minimum atomic E-state index is 0.623. The molecular weight excluding hydrogens is 162 g/mol. The van der Waals surface area contributed by atoms with Crippen LogP contribution >= 0.6 is 0 Å². The maximum atomic E-state index is 5.49. The van der Waals surface area contributed by atoms with Crippen molar-refractivity contribution in [3.8, 4) is 5.88 Å². The lowest BCUT2D eigenvalue weighted by atomic mass is 9.85. The first-order chi connectivity index (χ1) is 6.29. The summed E-state index contributed by atoms with van der Waals surface area (Å²) in [4.78, 5) is 4.23. The molecule has 1 aromatic heterocycles. The van der Waals surface area contributed by atoms with E-state index in [1.807, 2.05) is 6.07 Å². The molecule has 2 heterocycles. The fraction of sp³-hybridized carbons (Fsp3) is 0.545. The molecule has 0 radical (unpaired) electrons. The Bertz CT molecular complexity index is 296. The molecule has 0 spiro atoms. The Morgan fingerprint density at radius 3 is 3.15 bits per heavy atom. The first-order valence-electron chi connectivity index (χ1n) is 4.86. The zero-order valence-electron chi connectivity index (χ0n) is 8.16. The van der Waals surface area contributed by atoms with E-state index in [1.165, 1.54) is 5.56 Å². The van der Waals surface area contributed by atoms with Gasteiger partial charge in [0.2, 0.25) is 5.88 Å². The van der Waals surface area contributed by atoms with E-state index in [4.69, 9.17) is 4.74 Å². The summed E-state index contributed by atoms with van der Waals surface area (Å²) in [5.74, 6) is 2.14. The number of pyridine rings is 1. The summed E-state index contributed by atoms with van der Waals surface area (Å²) >= 11 is 0. The third kappa shape index (κ3) is 1.53. The van der Waals surface area contributed by atoms with Gasteiger partial charge < -0.3 is 4.74 Å². The van der Waals surface area contributed by atoms with Crippen LogP contribution in [-0.2, 0) is 0 Å². The molecule has 0 amide bonds. The van der Waals surface area contributed by atoms with E-state index in [0.717, 1.165) is 18.9 Å². The third-order valence-electron chi connectivity index (χ3n) is 2.67. The topological polar surface area (TPSA) is 22.1 Å². The summed E-state index contributed by atoms with van der Waals surface area (Å²) in [6.45, 7) is 5.33. The summed E-state index contributed by atoms with van der Waals surface area (Å²) in [5.41, 5.74) is 1.28. The maximum Gasteiger partial charge on any atom is 0.216 e. The number of hydrogen-bond donors (Lipinski definition) is 0. The average Bonchev–Trinajstić information content (AvgIpc) is 2.17. The van der Waals surface area contributed by atoms with Crippen molar-refractivity contribution in [1.82, 2.24) is 4.98 Å². The van der Waals surface area contributed by atoms with Crippen LogP contribution in [0.25, 0.3) is 0 Å². The molecule has 0 saturated heterocycles. The number of ether oxygens (including phenoxy) is 1. The largest absolute Gasteiger partial charge is 0.477 e. The van der Waals surface area contributed by atoms with Gasteiger partial charge in [-0.1, -0.05) is 19.9 Å². The molecule has 0 bridgehead atoms. The standard InChI is InChI=1S/C11H15NO/c1-8(2)9-5-7-13-11-10(9)4-3-6-12-11/h3-4,6,8-9H,5,7H2,1-2H3/t9-/m1/s1. The Balaban J connectivity index is 2.37. The van der Waals surface area contributed by atoms with Crippen LogP contribution in [0.2, 0.25) is 0 Å². The van der Waals surface area contributed by atoms with E-state index in [1.54, 1.807) is 6.20 Å². The van der Waals surface area contributed by atoms with Crippen molar-refractivity contribution < 1.29 is 4.74 Å². The zero-order chi connectivity index (χ0) is 9.26. The predicted molar refractivity (Wildman–Crippen MR) is 51.9 cm³/mol. The van der Waals surface area contributed by atoms with E-state index in [2.05, 4.69) is 24.9 Å². The van der Waals surface area contributed by atoms with Gasteiger partial charge in [0, 0.05) is 11.8 Å². The van der Waals surface area contributed by atoms with Crippen LogP contribution in [0.1, 0.15) is 31.7 Å². The van der Waals surface area contributed by atoms with Crippen molar-refractivity contribution in [2.45, 2.75) is 26.2 Å². The lowest BCUT2D eigenvalue weighted by Crippen LogP contribution is -2.18. The zero-order valence-corrected chi connectivity index (χ0v) is 8.16. The summed E-state index contributed by atoms with van der Waals surface area (Å²) in [7, 11) is 0. The molecule has 1 aliphatic rings. The van der Waals surface area contributed by atoms with Crippen LogP contribution in [-0.4, -0.2) is 11.6 Å². The fourth-order valence-electron chi connectivity index (χ4n) is 1.94. The second-order valence-corrected chi connectivity index (χ2v) is 3.89. The van der Waals surface area contributed by atoms with Gasteiger partial charge >= 0.3 is 0 Å². The van der Waals surface area contributed by atoms with E-state index in [0.29, 0.717) is 11.8 Å². The molecule has 1 atom stereocenters. The lowest BCUT2D eigenvalue weighted by molar-refractivity contribution is 0.237. The molecule has 1 aliphatic heterocycles. The second kappa shape index (κ2) is 3.36. The van der Waals surface area contributed by atoms with E-state index in [9.17, 15) is 0 Å². The second-order valence-electron chi connectivity index (χ2n) is 3.89. The van der Waals surface area contributed by atoms with Crippen molar-refractivity contribution in [2.24, 2.45) is 5.92 Å². The highest BCUT2D eigenvalue weighted by atomic mass is 16.5. The van der Waals surface area contributed by atoms with Gasteiger partial charge in [0.1, 0.15) is 0 Å². The Kier molecular flexibility index (Phi) is 2.21. The molecule has 2 nitrogen and oxygen atoms in total. The Morgan fingerprint density at radius 1 is 1.54 bits per heavy atom. The number of rotatable bonds is 1. The van der Waals surface area contributed by atoms with Crippen LogP contribution in [0.5, 0.6) is 5.88 Å². The van der Waals surface area contributed by atoms with E-state index in [-0.39, 0.29) is 0 Å². The molecule has 0 saturated carbocycles.